The third kappa shape index (κ3) is 4.92. The molecule has 0 heterocycles. The van der Waals surface area contributed by atoms with Gasteiger partial charge < -0.3 is 0 Å². The van der Waals surface area contributed by atoms with E-state index in [-0.39, 0.29) is 0 Å². The van der Waals surface area contributed by atoms with Gasteiger partial charge in [-0.15, -0.1) is 0 Å². The molecule has 0 fully saturated rings. The fraction of sp³-hybridized carbons (Fsp3) is 0.231. The summed E-state index contributed by atoms with van der Waals surface area (Å²) >= 11 is 0.338. The Labute approximate surface area is 92.6 Å². The third-order valence-corrected chi connectivity index (χ3v) is 2.80. The van der Waals surface area contributed by atoms with Gasteiger partial charge in [0.05, 0.1) is 0 Å². The van der Waals surface area contributed by atoms with Gasteiger partial charge in [0.2, 0.25) is 0 Å². The molecule has 1 rings (SSSR count). The fourth-order valence-corrected chi connectivity index (χ4v) is 1.93. The molecule has 72 valence electrons. The molecule has 0 bridgehead atoms. The van der Waals surface area contributed by atoms with Crippen LogP contribution in [-0.4, -0.2) is 15.0 Å². The van der Waals surface area contributed by atoms with Crippen molar-refractivity contribution in [2.45, 2.75) is 19.8 Å². The summed E-state index contributed by atoms with van der Waals surface area (Å²) in [5.74, 6) is 3.15. The Hall–Kier alpha value is -0.961. The maximum absolute atomic E-state index is 3.19. The van der Waals surface area contributed by atoms with Gasteiger partial charge in [0.25, 0.3) is 0 Å². The van der Waals surface area contributed by atoms with Crippen LogP contribution >= 0.6 is 0 Å². The van der Waals surface area contributed by atoms with Crippen LogP contribution in [0.1, 0.15) is 25.3 Å². The maximum atomic E-state index is 3.19. The number of rotatable bonds is 3. The fourth-order valence-electron chi connectivity index (χ4n) is 0.927. The van der Waals surface area contributed by atoms with E-state index in [0.29, 0.717) is 15.0 Å². The molecular weight excluding hydrogens is 235 g/mol. The van der Waals surface area contributed by atoms with Crippen LogP contribution in [0.4, 0.5) is 0 Å². The van der Waals surface area contributed by atoms with Crippen molar-refractivity contribution in [3.8, 4) is 10.7 Å². The summed E-state index contributed by atoms with van der Waals surface area (Å²) in [6.07, 6.45) is 4.62. The van der Waals surface area contributed by atoms with E-state index < -0.39 is 0 Å². The van der Waals surface area contributed by atoms with E-state index in [1.165, 1.54) is 12.8 Å². The molecule has 0 N–H and O–H groups in total. The van der Waals surface area contributed by atoms with Crippen molar-refractivity contribution in [3.63, 3.8) is 0 Å². The van der Waals surface area contributed by atoms with Gasteiger partial charge >= 0.3 is 92.4 Å². The number of benzene rings is 1. The van der Waals surface area contributed by atoms with Crippen LogP contribution in [0.2, 0.25) is 0 Å². The van der Waals surface area contributed by atoms with Crippen molar-refractivity contribution >= 4 is 15.0 Å². The topological polar surface area (TPSA) is 0 Å². The molecule has 0 nitrogen and oxygen atoms in total. The molecule has 0 saturated carbocycles. The first-order chi connectivity index (χ1) is 6.93. The quantitative estimate of drug-likeness (QED) is 0.570. The Kier molecular flexibility index (Phi) is 5.91. The zero-order chi connectivity index (χ0) is 10.1. The molecule has 1 aromatic rings. The Morgan fingerprint density at radius 2 is 2.07 bits per heavy atom. The predicted molar refractivity (Wildman–Crippen MR) is 63.1 cm³/mol. The molecule has 0 aliphatic heterocycles. The second-order valence-corrected chi connectivity index (χ2v) is 4.37. The Bertz CT molecular complexity index is 327. The molecule has 0 spiro atoms. The Morgan fingerprint density at radius 1 is 1.29 bits per heavy atom. The minimum atomic E-state index is 0.338. The summed E-state index contributed by atoms with van der Waals surface area (Å²) in [5, 5.41) is 0. The molecule has 0 aliphatic carbocycles. The first-order valence-corrected chi connectivity index (χ1v) is 6.64. The average Bonchev–Trinajstić information content (AvgIpc) is 2.25. The molecule has 0 unspecified atom stereocenters. The van der Waals surface area contributed by atoms with Crippen LogP contribution in [0.5, 0.6) is 0 Å². The summed E-state index contributed by atoms with van der Waals surface area (Å²) < 4.78 is 0. The van der Waals surface area contributed by atoms with Crippen LogP contribution in [0.3, 0.4) is 0 Å². The van der Waals surface area contributed by atoms with E-state index in [9.17, 15) is 0 Å². The molecule has 0 saturated heterocycles. The Morgan fingerprint density at radius 3 is 2.79 bits per heavy atom. The molecule has 1 aromatic carbocycles. The average molecular weight is 249 g/mol. The van der Waals surface area contributed by atoms with E-state index in [2.05, 4.69) is 28.7 Å². The monoisotopic (exact) mass is 250 g/mol. The molecule has 0 atom stereocenters. The van der Waals surface area contributed by atoms with Gasteiger partial charge in [-0.2, -0.15) is 0 Å². The minimum absolute atomic E-state index is 0.338. The molecule has 0 aromatic heterocycles. The standard InChI is InChI=1S/C13H14Se/c1-2-3-7-11-14-12-10-13-8-5-4-6-9-13/h4-9,11H,2-3H2,1H3/b11-7-. The SMILES string of the molecule is CCC/C=C\[Se]C#Cc1ccccc1. The van der Waals surface area contributed by atoms with Crippen LogP contribution in [-0.2, 0) is 0 Å². The Balaban J connectivity index is 2.34. The van der Waals surface area contributed by atoms with E-state index in [1.807, 2.05) is 30.3 Å². The van der Waals surface area contributed by atoms with E-state index in [0.717, 1.165) is 5.56 Å². The van der Waals surface area contributed by atoms with Crippen molar-refractivity contribution in [2.75, 3.05) is 0 Å². The summed E-state index contributed by atoms with van der Waals surface area (Å²) in [5.41, 5.74) is 1.11. The molecular formula is C13H14Se. The summed E-state index contributed by atoms with van der Waals surface area (Å²) in [7, 11) is 0. The summed E-state index contributed by atoms with van der Waals surface area (Å²) in [4.78, 5) is 5.39. The van der Waals surface area contributed by atoms with Crippen LogP contribution in [0.25, 0.3) is 0 Å². The van der Waals surface area contributed by atoms with Crippen molar-refractivity contribution in [1.29, 1.82) is 0 Å². The molecule has 0 aliphatic rings. The van der Waals surface area contributed by atoms with Gasteiger partial charge in [0.15, 0.2) is 0 Å². The number of hydrogen-bond acceptors (Lipinski definition) is 0. The van der Waals surface area contributed by atoms with Gasteiger partial charge in [-0.25, -0.2) is 0 Å². The van der Waals surface area contributed by atoms with Gasteiger partial charge in [-0.3, -0.25) is 0 Å². The second kappa shape index (κ2) is 7.44. The van der Waals surface area contributed by atoms with Crippen LogP contribution < -0.4 is 0 Å². The number of hydrogen-bond donors (Lipinski definition) is 0. The zero-order valence-corrected chi connectivity index (χ0v) is 10.1. The molecule has 0 amide bonds. The molecule has 0 radical (unpaired) electrons. The first kappa shape index (κ1) is 11.1. The summed E-state index contributed by atoms with van der Waals surface area (Å²) in [6, 6.07) is 10.1. The predicted octanol–water partition coefficient (Wildman–Crippen LogP) is 3.01. The first-order valence-electron chi connectivity index (χ1n) is 4.80. The van der Waals surface area contributed by atoms with E-state index in [1.54, 1.807) is 0 Å². The van der Waals surface area contributed by atoms with Gasteiger partial charge in [0.1, 0.15) is 0 Å². The van der Waals surface area contributed by atoms with E-state index in [4.69, 9.17) is 0 Å². The van der Waals surface area contributed by atoms with Gasteiger partial charge in [0, 0.05) is 0 Å². The number of unbranched alkanes of at least 4 members (excludes halogenated alkanes) is 1. The van der Waals surface area contributed by atoms with Crippen molar-refractivity contribution in [3.05, 3.63) is 46.9 Å². The van der Waals surface area contributed by atoms with Gasteiger partial charge in [-0.1, -0.05) is 0 Å². The third-order valence-electron chi connectivity index (χ3n) is 1.65. The van der Waals surface area contributed by atoms with Crippen LogP contribution in [0.15, 0.2) is 41.4 Å². The molecule has 1 heteroatoms. The zero-order valence-electron chi connectivity index (χ0n) is 8.36. The van der Waals surface area contributed by atoms with Crippen molar-refractivity contribution < 1.29 is 0 Å². The second-order valence-electron chi connectivity index (χ2n) is 2.87. The number of allylic oxidation sites excluding steroid dienone is 1. The normalized spacial score (nSPS) is 9.79. The molecule has 14 heavy (non-hydrogen) atoms. The van der Waals surface area contributed by atoms with Gasteiger partial charge in [-0.05, 0) is 0 Å². The van der Waals surface area contributed by atoms with Crippen molar-refractivity contribution in [1.82, 2.24) is 0 Å². The van der Waals surface area contributed by atoms with Crippen LogP contribution in [0, 0.1) is 10.7 Å². The summed E-state index contributed by atoms with van der Waals surface area (Å²) in [6.45, 7) is 2.19. The van der Waals surface area contributed by atoms with E-state index >= 15 is 0 Å². The van der Waals surface area contributed by atoms with Crippen molar-refractivity contribution in [2.24, 2.45) is 0 Å².